The number of nitrogens with zero attached hydrogens (tertiary/aromatic N) is 3. The molecule has 2 aromatic carbocycles. The third kappa shape index (κ3) is 5.27. The second kappa shape index (κ2) is 10.9. The van der Waals surface area contributed by atoms with E-state index in [0.29, 0.717) is 65.0 Å². The summed E-state index contributed by atoms with van der Waals surface area (Å²) in [4.78, 5) is 33.9. The molecular formula is C29H30Cl2N4O4. The highest BCUT2D eigenvalue weighted by Crippen LogP contribution is 2.46. The number of methoxy groups -OCH3 is 1. The molecular weight excluding hydrogens is 539 g/mol. The van der Waals surface area contributed by atoms with Gasteiger partial charge in [-0.2, -0.15) is 0 Å². The Bertz CT molecular complexity index is 1380. The van der Waals surface area contributed by atoms with Crippen LogP contribution in [0.5, 0.6) is 0 Å². The van der Waals surface area contributed by atoms with Crippen LogP contribution in [0.1, 0.15) is 46.1 Å². The smallest absolute Gasteiger partial charge is 0.257 e. The molecule has 0 radical (unpaired) electrons. The lowest BCUT2D eigenvalue weighted by Crippen LogP contribution is -2.45. The van der Waals surface area contributed by atoms with Crippen LogP contribution in [-0.4, -0.2) is 65.0 Å². The number of fused-ring (bicyclic) bond motifs is 1. The van der Waals surface area contributed by atoms with Gasteiger partial charge in [0, 0.05) is 67.6 Å². The number of β-amino-alcohol motifs (C(OH)–C–C–N with tert-alkyl or cyclic N) is 1. The molecule has 8 nitrogen and oxygen atoms in total. The van der Waals surface area contributed by atoms with E-state index in [-0.39, 0.29) is 18.4 Å². The summed E-state index contributed by atoms with van der Waals surface area (Å²) in [6.07, 6.45) is 1.92. The van der Waals surface area contributed by atoms with Gasteiger partial charge in [0.05, 0.1) is 22.9 Å². The van der Waals surface area contributed by atoms with E-state index in [4.69, 9.17) is 27.9 Å². The summed E-state index contributed by atoms with van der Waals surface area (Å²) in [6, 6.07) is 16.1. The van der Waals surface area contributed by atoms with E-state index in [1.54, 1.807) is 55.5 Å². The van der Waals surface area contributed by atoms with Crippen molar-refractivity contribution in [2.45, 2.75) is 31.2 Å². The molecule has 2 aliphatic rings. The Morgan fingerprint density at radius 2 is 1.82 bits per heavy atom. The predicted molar refractivity (Wildman–Crippen MR) is 148 cm³/mol. The lowest BCUT2D eigenvalue weighted by Gasteiger charge is -2.38. The zero-order chi connectivity index (χ0) is 27.8. The molecule has 1 saturated heterocycles. The Kier molecular flexibility index (Phi) is 7.68. The molecule has 39 heavy (non-hydrogen) atoms. The van der Waals surface area contributed by atoms with Crippen molar-refractivity contribution in [2.75, 3.05) is 33.3 Å². The van der Waals surface area contributed by atoms with Crippen LogP contribution in [0.15, 0.2) is 60.8 Å². The van der Waals surface area contributed by atoms with Crippen molar-refractivity contribution >= 4 is 35.0 Å². The highest BCUT2D eigenvalue weighted by molar-refractivity contribution is 6.30. The molecule has 1 aromatic heterocycles. The van der Waals surface area contributed by atoms with E-state index in [9.17, 15) is 14.7 Å². The lowest BCUT2D eigenvalue weighted by atomic mass is 9.88. The van der Waals surface area contributed by atoms with Crippen LogP contribution in [0, 0.1) is 0 Å². The fraction of sp³-hybridized carbons (Fsp3) is 0.345. The average Bonchev–Trinajstić information content (AvgIpc) is 3.01. The zero-order valence-electron chi connectivity index (χ0n) is 21.8. The number of pyridine rings is 1. The monoisotopic (exact) mass is 568 g/mol. The van der Waals surface area contributed by atoms with Crippen molar-refractivity contribution in [1.29, 1.82) is 0 Å². The summed E-state index contributed by atoms with van der Waals surface area (Å²) in [5.41, 5.74) is 0.584. The van der Waals surface area contributed by atoms with Gasteiger partial charge in [0.15, 0.2) is 5.72 Å². The van der Waals surface area contributed by atoms with E-state index < -0.39 is 11.3 Å². The molecule has 10 heteroatoms. The first-order valence-electron chi connectivity index (χ1n) is 12.7. The number of hydrogen-bond acceptors (Lipinski definition) is 6. The van der Waals surface area contributed by atoms with Gasteiger partial charge in [-0.3, -0.25) is 24.4 Å². The van der Waals surface area contributed by atoms with Gasteiger partial charge < -0.3 is 15.2 Å². The summed E-state index contributed by atoms with van der Waals surface area (Å²) in [5.74, 6) is -0.241. The van der Waals surface area contributed by atoms with Crippen LogP contribution in [0.4, 0.5) is 0 Å². The van der Waals surface area contributed by atoms with E-state index >= 15 is 0 Å². The molecule has 0 bridgehead atoms. The van der Waals surface area contributed by atoms with Crippen LogP contribution in [0.3, 0.4) is 0 Å². The van der Waals surface area contributed by atoms with Crippen molar-refractivity contribution in [1.82, 2.24) is 20.1 Å². The topological polar surface area (TPSA) is 95.0 Å². The Morgan fingerprint density at radius 3 is 2.51 bits per heavy atom. The second-order valence-electron chi connectivity index (χ2n) is 10.1. The number of aromatic nitrogens is 1. The van der Waals surface area contributed by atoms with Crippen LogP contribution in [-0.2, 0) is 27.4 Å². The van der Waals surface area contributed by atoms with Crippen molar-refractivity contribution in [3.8, 4) is 0 Å². The summed E-state index contributed by atoms with van der Waals surface area (Å²) in [5, 5.41) is 15.5. The molecule has 2 amide bonds. The molecule has 1 fully saturated rings. The first-order chi connectivity index (χ1) is 18.6. The fourth-order valence-corrected chi connectivity index (χ4v) is 5.69. The van der Waals surface area contributed by atoms with Crippen molar-refractivity contribution in [3.05, 3.63) is 98.8 Å². The number of halogens is 2. The van der Waals surface area contributed by atoms with Gasteiger partial charge in [-0.25, -0.2) is 0 Å². The fourth-order valence-electron chi connectivity index (χ4n) is 5.45. The number of ether oxygens (including phenoxy) is 1. The molecule has 3 aromatic rings. The number of carbonyl (C=O) groups is 2. The first kappa shape index (κ1) is 27.6. The number of rotatable bonds is 7. The number of carbonyl (C=O) groups excluding carboxylic acids is 2. The lowest BCUT2D eigenvalue weighted by molar-refractivity contribution is -0.120. The molecule has 1 unspecified atom stereocenters. The maximum absolute atomic E-state index is 14.1. The Labute approximate surface area is 237 Å². The van der Waals surface area contributed by atoms with Gasteiger partial charge in [-0.05, 0) is 42.8 Å². The molecule has 2 aliphatic heterocycles. The highest BCUT2D eigenvalue weighted by atomic mass is 35.5. The molecule has 5 rings (SSSR count). The number of hydrogen-bond donors (Lipinski definition) is 2. The van der Waals surface area contributed by atoms with E-state index in [2.05, 4.69) is 15.2 Å². The first-order valence-corrected chi connectivity index (χ1v) is 13.5. The number of aliphatic hydroxyl groups is 1. The quantitative estimate of drug-likeness (QED) is 0.448. The average molecular weight is 569 g/mol. The third-order valence-electron chi connectivity index (χ3n) is 7.44. The summed E-state index contributed by atoms with van der Waals surface area (Å²) in [6.45, 7) is 3.94. The van der Waals surface area contributed by atoms with Gasteiger partial charge in [0.2, 0.25) is 5.91 Å². The molecule has 2 N–H and O–H groups in total. The van der Waals surface area contributed by atoms with Gasteiger partial charge >= 0.3 is 0 Å². The van der Waals surface area contributed by atoms with Crippen LogP contribution in [0.2, 0.25) is 10.0 Å². The Morgan fingerprint density at radius 1 is 1.08 bits per heavy atom. The minimum Gasteiger partial charge on any atom is -0.384 e. The molecule has 3 heterocycles. The number of amides is 2. The molecule has 2 atom stereocenters. The third-order valence-corrected chi connectivity index (χ3v) is 7.91. The molecule has 0 spiro atoms. The van der Waals surface area contributed by atoms with E-state index in [0.717, 1.165) is 5.56 Å². The second-order valence-corrected chi connectivity index (χ2v) is 11.0. The summed E-state index contributed by atoms with van der Waals surface area (Å²) < 4.78 is 6.20. The predicted octanol–water partition coefficient (Wildman–Crippen LogP) is 3.92. The minimum atomic E-state index is -1.26. The van der Waals surface area contributed by atoms with Gasteiger partial charge in [0.1, 0.15) is 0 Å². The molecule has 204 valence electrons. The van der Waals surface area contributed by atoms with Gasteiger partial charge in [-0.15, -0.1) is 0 Å². The van der Waals surface area contributed by atoms with Crippen molar-refractivity contribution in [3.63, 3.8) is 0 Å². The number of nitrogens with one attached hydrogen (secondary N) is 1. The Balaban J connectivity index is 1.55. The summed E-state index contributed by atoms with van der Waals surface area (Å²) in [7, 11) is 1.57. The van der Waals surface area contributed by atoms with Crippen molar-refractivity contribution < 1.29 is 19.4 Å². The van der Waals surface area contributed by atoms with Crippen LogP contribution >= 0.6 is 23.2 Å². The molecule has 0 saturated carbocycles. The normalized spacial score (nSPS) is 21.3. The van der Waals surface area contributed by atoms with Gasteiger partial charge in [0.25, 0.3) is 5.91 Å². The van der Waals surface area contributed by atoms with Crippen molar-refractivity contribution in [2.24, 2.45) is 0 Å². The highest BCUT2D eigenvalue weighted by Gasteiger charge is 2.52. The minimum absolute atomic E-state index is 0.00800. The SMILES string of the molecule is CO[C@]1(c2ccc(Cl)cc2)c2ccc(C(C)(O)CN3CCNC(=O)CC3)cc2C(=O)N1Cc1ccc(Cl)cn1. The van der Waals surface area contributed by atoms with Crippen LogP contribution in [0.25, 0.3) is 0 Å². The maximum atomic E-state index is 14.1. The standard InChI is InChI=1S/C29H30Cl2N4O4/c1-28(38,18-34-13-11-26(36)32-12-14-34)20-5-10-25-24(15-20)27(37)35(17-23-9-8-22(31)16-33-23)29(25,39-2)19-3-6-21(30)7-4-19/h3-10,15-16,38H,11-14,17-18H2,1-2H3,(H,32,36)/t28?,29-/m1/s1. The van der Waals surface area contributed by atoms with Crippen LogP contribution < -0.4 is 5.32 Å². The van der Waals surface area contributed by atoms with E-state index in [1.165, 1.54) is 0 Å². The number of benzene rings is 2. The van der Waals surface area contributed by atoms with E-state index in [1.807, 2.05) is 24.3 Å². The summed E-state index contributed by atoms with van der Waals surface area (Å²) >= 11 is 12.2. The Hall–Kier alpha value is -3.01. The largest absolute Gasteiger partial charge is 0.384 e. The molecule has 0 aliphatic carbocycles. The van der Waals surface area contributed by atoms with Gasteiger partial charge in [-0.1, -0.05) is 47.5 Å². The maximum Gasteiger partial charge on any atom is 0.257 e. The zero-order valence-corrected chi connectivity index (χ0v) is 23.3.